The summed E-state index contributed by atoms with van der Waals surface area (Å²) < 4.78 is 5.78. The molecule has 0 saturated carbocycles. The Labute approximate surface area is 148 Å². The van der Waals surface area contributed by atoms with Gasteiger partial charge in [0.1, 0.15) is 5.75 Å². The van der Waals surface area contributed by atoms with Gasteiger partial charge in [-0.05, 0) is 58.4 Å². The molecule has 0 aliphatic heterocycles. The summed E-state index contributed by atoms with van der Waals surface area (Å²) in [6, 6.07) is 11.8. The highest BCUT2D eigenvalue weighted by molar-refractivity contribution is 9.10. The molecule has 0 radical (unpaired) electrons. The average molecular weight is 387 g/mol. The van der Waals surface area contributed by atoms with E-state index in [1.54, 1.807) is 49.6 Å². The predicted octanol–water partition coefficient (Wildman–Crippen LogP) is 2.34. The van der Waals surface area contributed by atoms with Crippen LogP contribution in [0, 0.1) is 11.8 Å². The van der Waals surface area contributed by atoms with Crippen molar-refractivity contribution in [2.75, 3.05) is 13.7 Å². The van der Waals surface area contributed by atoms with E-state index >= 15 is 0 Å². The van der Waals surface area contributed by atoms with Crippen LogP contribution in [0.4, 0.5) is 0 Å². The summed E-state index contributed by atoms with van der Waals surface area (Å²) in [5.74, 6) is 5.63. The lowest BCUT2D eigenvalue weighted by atomic mass is 10.1. The molecule has 6 heteroatoms. The summed E-state index contributed by atoms with van der Waals surface area (Å²) in [5.41, 5.74) is 6.81. The third-order valence-electron chi connectivity index (χ3n) is 3.16. The monoisotopic (exact) mass is 386 g/mol. The van der Waals surface area contributed by atoms with Crippen LogP contribution in [0.2, 0.25) is 0 Å². The molecule has 0 fully saturated rings. The maximum absolute atomic E-state index is 12.1. The molecule has 2 aromatic carbocycles. The van der Waals surface area contributed by atoms with E-state index in [-0.39, 0.29) is 12.5 Å². The number of nitrogens with two attached hydrogens (primary N) is 1. The number of methoxy groups -OCH3 is 1. The Hall–Kier alpha value is -2.78. The van der Waals surface area contributed by atoms with E-state index in [2.05, 4.69) is 33.1 Å². The first-order chi connectivity index (χ1) is 11.5. The second kappa shape index (κ2) is 8.18. The number of ether oxygens (including phenoxy) is 1. The molecule has 2 rings (SSSR count). The zero-order chi connectivity index (χ0) is 17.5. The van der Waals surface area contributed by atoms with Crippen molar-refractivity contribution in [1.82, 2.24) is 5.32 Å². The highest BCUT2D eigenvalue weighted by atomic mass is 79.9. The van der Waals surface area contributed by atoms with Crippen molar-refractivity contribution < 1.29 is 14.3 Å². The Bertz CT molecular complexity index is 820. The van der Waals surface area contributed by atoms with Crippen molar-refractivity contribution in [3.63, 3.8) is 0 Å². The van der Waals surface area contributed by atoms with Crippen LogP contribution in [-0.2, 0) is 0 Å². The molecule has 2 aromatic rings. The summed E-state index contributed by atoms with van der Waals surface area (Å²) in [4.78, 5) is 23.1. The van der Waals surface area contributed by atoms with Crippen molar-refractivity contribution in [3.05, 3.63) is 63.6 Å². The summed E-state index contributed by atoms with van der Waals surface area (Å²) >= 11 is 3.33. The van der Waals surface area contributed by atoms with Crippen LogP contribution >= 0.6 is 15.9 Å². The van der Waals surface area contributed by atoms with E-state index in [0.29, 0.717) is 21.3 Å². The van der Waals surface area contributed by atoms with Crippen molar-refractivity contribution in [1.29, 1.82) is 0 Å². The standard InChI is InChI=1S/C18H15BrN2O3/c1-24-14-8-9-16(19)15(11-14)18(23)21-10-2-3-12-4-6-13(7-5-12)17(20)22/h4-9,11H,10H2,1H3,(H2,20,22)(H,21,23). The van der Waals surface area contributed by atoms with Crippen LogP contribution < -0.4 is 15.8 Å². The predicted molar refractivity (Wildman–Crippen MR) is 94.9 cm³/mol. The Morgan fingerprint density at radius 2 is 1.92 bits per heavy atom. The van der Waals surface area contributed by atoms with Gasteiger partial charge in [0.25, 0.3) is 5.91 Å². The Kier molecular flexibility index (Phi) is 5.99. The molecule has 0 bridgehead atoms. The van der Waals surface area contributed by atoms with Crippen LogP contribution in [0.15, 0.2) is 46.9 Å². The molecule has 0 aliphatic rings. The van der Waals surface area contributed by atoms with Crippen LogP contribution in [0.25, 0.3) is 0 Å². The number of rotatable bonds is 4. The molecular weight excluding hydrogens is 372 g/mol. The van der Waals surface area contributed by atoms with Crippen LogP contribution in [0.5, 0.6) is 5.75 Å². The van der Waals surface area contributed by atoms with Gasteiger partial charge in [-0.1, -0.05) is 11.8 Å². The van der Waals surface area contributed by atoms with Gasteiger partial charge in [-0.2, -0.15) is 0 Å². The fourth-order valence-electron chi connectivity index (χ4n) is 1.89. The fraction of sp³-hybridized carbons (Fsp3) is 0.111. The maximum Gasteiger partial charge on any atom is 0.253 e. The normalized spacial score (nSPS) is 9.58. The van der Waals surface area contributed by atoms with E-state index < -0.39 is 5.91 Å². The lowest BCUT2D eigenvalue weighted by Gasteiger charge is -2.06. The molecule has 0 aromatic heterocycles. The molecule has 0 atom stereocenters. The van der Waals surface area contributed by atoms with Gasteiger partial charge in [-0.15, -0.1) is 0 Å². The minimum Gasteiger partial charge on any atom is -0.497 e. The minimum atomic E-state index is -0.481. The Morgan fingerprint density at radius 1 is 1.21 bits per heavy atom. The van der Waals surface area contributed by atoms with E-state index in [4.69, 9.17) is 10.5 Å². The minimum absolute atomic E-state index is 0.194. The van der Waals surface area contributed by atoms with Gasteiger partial charge >= 0.3 is 0 Å². The number of halogens is 1. The van der Waals surface area contributed by atoms with Gasteiger partial charge < -0.3 is 15.8 Å². The number of amides is 2. The number of carbonyl (C=O) groups excluding carboxylic acids is 2. The molecular formula is C18H15BrN2O3. The van der Waals surface area contributed by atoms with Gasteiger partial charge in [-0.25, -0.2) is 0 Å². The summed E-state index contributed by atoms with van der Waals surface area (Å²) in [6.45, 7) is 0.194. The third kappa shape index (κ3) is 4.61. The number of benzene rings is 2. The molecule has 0 saturated heterocycles. The maximum atomic E-state index is 12.1. The second-order valence-electron chi connectivity index (χ2n) is 4.77. The number of hydrogen-bond donors (Lipinski definition) is 2. The zero-order valence-corrected chi connectivity index (χ0v) is 14.5. The van der Waals surface area contributed by atoms with Crippen molar-refractivity contribution >= 4 is 27.7 Å². The average Bonchev–Trinajstić information content (AvgIpc) is 2.59. The topological polar surface area (TPSA) is 81.4 Å². The van der Waals surface area contributed by atoms with Crippen LogP contribution in [-0.4, -0.2) is 25.5 Å². The van der Waals surface area contributed by atoms with Gasteiger partial charge in [0.2, 0.25) is 5.91 Å². The molecule has 5 nitrogen and oxygen atoms in total. The summed E-state index contributed by atoms with van der Waals surface area (Å²) in [5, 5.41) is 2.72. The molecule has 2 amide bonds. The molecule has 0 spiro atoms. The SMILES string of the molecule is COc1ccc(Br)c(C(=O)NCC#Cc2ccc(C(N)=O)cc2)c1. The zero-order valence-electron chi connectivity index (χ0n) is 12.9. The van der Waals surface area contributed by atoms with Crippen molar-refractivity contribution in [2.24, 2.45) is 5.73 Å². The van der Waals surface area contributed by atoms with E-state index in [9.17, 15) is 9.59 Å². The molecule has 122 valence electrons. The van der Waals surface area contributed by atoms with E-state index in [1.165, 1.54) is 0 Å². The van der Waals surface area contributed by atoms with Crippen LogP contribution in [0.3, 0.4) is 0 Å². The summed E-state index contributed by atoms with van der Waals surface area (Å²) in [7, 11) is 1.54. The molecule has 24 heavy (non-hydrogen) atoms. The summed E-state index contributed by atoms with van der Waals surface area (Å²) in [6.07, 6.45) is 0. The fourth-order valence-corrected chi connectivity index (χ4v) is 2.32. The second-order valence-corrected chi connectivity index (χ2v) is 5.63. The third-order valence-corrected chi connectivity index (χ3v) is 3.85. The Balaban J connectivity index is 1.97. The smallest absolute Gasteiger partial charge is 0.253 e. The first kappa shape index (κ1) is 17.6. The molecule has 0 aliphatic carbocycles. The van der Waals surface area contributed by atoms with E-state index in [1.807, 2.05) is 0 Å². The van der Waals surface area contributed by atoms with Crippen molar-refractivity contribution in [3.8, 4) is 17.6 Å². The highest BCUT2D eigenvalue weighted by Crippen LogP contribution is 2.22. The van der Waals surface area contributed by atoms with Gasteiger partial charge in [0, 0.05) is 15.6 Å². The lowest BCUT2D eigenvalue weighted by molar-refractivity contribution is 0.0956. The van der Waals surface area contributed by atoms with Gasteiger partial charge in [0.15, 0.2) is 0 Å². The largest absolute Gasteiger partial charge is 0.497 e. The molecule has 0 heterocycles. The first-order valence-corrected chi connectivity index (χ1v) is 7.81. The first-order valence-electron chi connectivity index (χ1n) is 7.01. The molecule has 0 unspecified atom stereocenters. The highest BCUT2D eigenvalue weighted by Gasteiger charge is 2.10. The van der Waals surface area contributed by atoms with Gasteiger partial charge in [0.05, 0.1) is 19.2 Å². The quantitative estimate of drug-likeness (QED) is 0.791. The van der Waals surface area contributed by atoms with Crippen LogP contribution in [0.1, 0.15) is 26.3 Å². The number of primary amides is 1. The number of nitrogens with one attached hydrogen (secondary N) is 1. The number of hydrogen-bond acceptors (Lipinski definition) is 3. The lowest BCUT2D eigenvalue weighted by Crippen LogP contribution is -2.24. The van der Waals surface area contributed by atoms with E-state index in [0.717, 1.165) is 5.56 Å². The number of carbonyl (C=O) groups is 2. The van der Waals surface area contributed by atoms with Crippen molar-refractivity contribution in [2.45, 2.75) is 0 Å². The van der Waals surface area contributed by atoms with Gasteiger partial charge in [-0.3, -0.25) is 9.59 Å². The molecule has 3 N–H and O–H groups in total. The Morgan fingerprint density at radius 3 is 2.54 bits per heavy atom.